The lowest BCUT2D eigenvalue weighted by Crippen LogP contribution is -2.56. The zero-order valence-corrected chi connectivity index (χ0v) is 33.4. The van der Waals surface area contributed by atoms with Crippen molar-refractivity contribution in [3.8, 4) is 11.1 Å². The Morgan fingerprint density at radius 1 is 0.875 bits per heavy atom. The average Bonchev–Trinajstić information content (AvgIpc) is 3.65. The Balaban J connectivity index is 1.71. The van der Waals surface area contributed by atoms with Gasteiger partial charge in [0.2, 0.25) is 23.6 Å². The summed E-state index contributed by atoms with van der Waals surface area (Å²) >= 11 is 0. The summed E-state index contributed by atoms with van der Waals surface area (Å²) in [5.41, 5.74) is 2.92. The molecule has 0 saturated carbocycles. The lowest BCUT2D eigenvalue weighted by atomic mass is 10.0. The highest BCUT2D eigenvalue weighted by Crippen LogP contribution is 2.23. The minimum atomic E-state index is -1.51. The molecular weight excluding hydrogens is 720 g/mol. The number of nitrogens with zero attached hydrogens (tertiary/aromatic N) is 1. The third-order valence-corrected chi connectivity index (χ3v) is 9.32. The van der Waals surface area contributed by atoms with E-state index in [-0.39, 0.29) is 19.5 Å². The van der Waals surface area contributed by atoms with Crippen LogP contribution in [0, 0.1) is 0 Å². The smallest absolute Gasteiger partial charge is 0.407 e. The normalized spacial score (nSPS) is 15.5. The molecule has 0 bridgehead atoms. The number of carbonyl (C=O) groups excluding carboxylic acids is 6. The molecule has 2 aromatic rings. The van der Waals surface area contributed by atoms with Crippen LogP contribution < -0.4 is 26.6 Å². The van der Waals surface area contributed by atoms with Crippen LogP contribution in [0.2, 0.25) is 0 Å². The van der Waals surface area contributed by atoms with Crippen molar-refractivity contribution in [2.24, 2.45) is 0 Å². The number of carboxylic acids is 1. The molecule has 1 aliphatic heterocycles. The number of carbonyl (C=O) groups is 7. The second kappa shape index (κ2) is 21.6. The van der Waals surface area contributed by atoms with E-state index in [9.17, 15) is 38.7 Å². The molecular formula is C41H58N6O9. The molecule has 6 N–H and O–H groups in total. The van der Waals surface area contributed by atoms with Gasteiger partial charge in [-0.2, -0.15) is 0 Å². The zero-order chi connectivity index (χ0) is 41.4. The summed E-state index contributed by atoms with van der Waals surface area (Å²) in [7, 11) is 1.34. The van der Waals surface area contributed by atoms with E-state index in [2.05, 4.69) is 57.8 Å². The van der Waals surface area contributed by atoms with Crippen molar-refractivity contribution in [2.75, 3.05) is 20.1 Å². The van der Waals surface area contributed by atoms with Crippen LogP contribution in [-0.2, 0) is 35.1 Å². The van der Waals surface area contributed by atoms with E-state index < -0.39 is 77.8 Å². The van der Waals surface area contributed by atoms with E-state index >= 15 is 0 Å². The van der Waals surface area contributed by atoms with Gasteiger partial charge in [-0.15, -0.1) is 0 Å². The predicted molar refractivity (Wildman–Crippen MR) is 210 cm³/mol. The van der Waals surface area contributed by atoms with Gasteiger partial charge in [0.1, 0.15) is 29.8 Å². The molecule has 1 saturated heterocycles. The maximum Gasteiger partial charge on any atom is 0.407 e. The number of amides is 6. The number of benzene rings is 2. The van der Waals surface area contributed by atoms with E-state index in [0.29, 0.717) is 31.2 Å². The highest BCUT2D eigenvalue weighted by Gasteiger charge is 2.38. The number of unbranched alkanes of at least 4 members (excludes halogenated alkanes) is 2. The maximum atomic E-state index is 14.1. The maximum absolute atomic E-state index is 14.1. The number of alkyl carbamates (subject to hydrolysis) is 1. The van der Waals surface area contributed by atoms with E-state index in [1.54, 1.807) is 32.9 Å². The number of hydrogen-bond acceptors (Lipinski definition) is 8. The van der Waals surface area contributed by atoms with Gasteiger partial charge in [-0.3, -0.25) is 24.0 Å². The van der Waals surface area contributed by atoms with Crippen molar-refractivity contribution >= 4 is 41.6 Å². The largest absolute Gasteiger partial charge is 0.480 e. The first-order chi connectivity index (χ1) is 26.5. The monoisotopic (exact) mass is 778 g/mol. The molecule has 0 spiro atoms. The van der Waals surface area contributed by atoms with Gasteiger partial charge >= 0.3 is 12.1 Å². The van der Waals surface area contributed by atoms with Crippen LogP contribution in [0.15, 0.2) is 48.5 Å². The van der Waals surface area contributed by atoms with Gasteiger partial charge in [-0.05, 0) is 101 Å². The van der Waals surface area contributed by atoms with Crippen LogP contribution >= 0.6 is 0 Å². The van der Waals surface area contributed by atoms with Crippen molar-refractivity contribution in [3.05, 3.63) is 59.7 Å². The summed E-state index contributed by atoms with van der Waals surface area (Å²) in [6.07, 6.45) is 4.16. The van der Waals surface area contributed by atoms with Gasteiger partial charge in [-0.25, -0.2) is 9.59 Å². The van der Waals surface area contributed by atoms with Gasteiger partial charge in [-0.1, -0.05) is 49.7 Å². The van der Waals surface area contributed by atoms with Crippen molar-refractivity contribution in [3.63, 3.8) is 0 Å². The second-order valence-electron chi connectivity index (χ2n) is 15.0. The Hall–Kier alpha value is -5.47. The third kappa shape index (κ3) is 14.3. The molecule has 56 heavy (non-hydrogen) atoms. The van der Waals surface area contributed by atoms with Crippen LogP contribution in [0.5, 0.6) is 0 Å². The van der Waals surface area contributed by atoms with E-state index in [1.807, 2.05) is 12.1 Å². The predicted octanol–water partition coefficient (Wildman–Crippen LogP) is 3.69. The fourth-order valence-electron chi connectivity index (χ4n) is 6.20. The van der Waals surface area contributed by atoms with Gasteiger partial charge < -0.3 is 41.3 Å². The number of carboxylic acid groups (broad SMARTS) is 1. The highest BCUT2D eigenvalue weighted by atomic mass is 16.6. The van der Waals surface area contributed by atoms with Gasteiger partial charge in [0.25, 0.3) is 5.91 Å². The molecule has 0 aromatic heterocycles. The van der Waals surface area contributed by atoms with Crippen LogP contribution in [0.1, 0.15) is 102 Å². The number of hydrogen-bond donors (Lipinski definition) is 6. The third-order valence-electron chi connectivity index (χ3n) is 9.32. The summed E-state index contributed by atoms with van der Waals surface area (Å²) < 4.78 is 5.28. The van der Waals surface area contributed by atoms with E-state index in [0.717, 1.165) is 30.4 Å². The van der Waals surface area contributed by atoms with Crippen molar-refractivity contribution < 1.29 is 43.4 Å². The topological polar surface area (TPSA) is 212 Å². The molecule has 0 unspecified atom stereocenters. The Bertz CT molecular complexity index is 1670. The number of ether oxygens (including phenoxy) is 1. The summed E-state index contributed by atoms with van der Waals surface area (Å²) in [6.45, 7) is 9.33. The molecule has 1 heterocycles. The summed E-state index contributed by atoms with van der Waals surface area (Å²) in [6, 6.07) is 10.8. The first-order valence-corrected chi connectivity index (χ1v) is 19.3. The molecule has 3 rings (SSSR count). The summed E-state index contributed by atoms with van der Waals surface area (Å²) in [4.78, 5) is 90.8. The minimum Gasteiger partial charge on any atom is -0.480 e. The van der Waals surface area contributed by atoms with Crippen LogP contribution in [0.3, 0.4) is 0 Å². The van der Waals surface area contributed by atoms with Crippen molar-refractivity contribution in [1.82, 2.24) is 31.5 Å². The second-order valence-corrected chi connectivity index (χ2v) is 15.0. The lowest BCUT2D eigenvalue weighted by Gasteiger charge is -2.29. The molecule has 2 aromatic carbocycles. The molecule has 1 fully saturated rings. The van der Waals surface area contributed by atoms with Crippen LogP contribution in [0.4, 0.5) is 4.79 Å². The fraction of sp³-hybridized carbons (Fsp3) is 0.537. The lowest BCUT2D eigenvalue weighted by molar-refractivity contribution is -0.144. The van der Waals surface area contributed by atoms with Gasteiger partial charge in [0.05, 0.1) is 6.42 Å². The zero-order valence-electron chi connectivity index (χ0n) is 33.4. The van der Waals surface area contributed by atoms with E-state index in [4.69, 9.17) is 4.74 Å². The number of aliphatic carboxylic acids is 1. The number of nitrogens with one attached hydrogen (secondary N) is 5. The molecule has 4 atom stereocenters. The Morgan fingerprint density at radius 3 is 2.11 bits per heavy atom. The van der Waals surface area contributed by atoms with Crippen molar-refractivity contribution in [2.45, 2.75) is 122 Å². The Kier molecular flexibility index (Phi) is 17.3. The molecule has 1 aliphatic rings. The molecule has 15 nitrogen and oxygen atoms in total. The molecule has 0 radical (unpaired) electrons. The molecule has 6 amide bonds. The molecule has 306 valence electrons. The van der Waals surface area contributed by atoms with E-state index in [1.165, 1.54) is 24.4 Å². The highest BCUT2D eigenvalue weighted by molar-refractivity contribution is 5.99. The SMILES string of the molecule is CCCCc1ccc(-c2ccc(C(=O)N[C@@H](CCCCNC(=O)OC(C)(C)C)C(=O)N3CCC[C@H]3C(=O)N[C@@H](C)C(=O)N[C@@H](CC(=O)NC)C(=O)O)cc2)cc1. The standard InChI is InChI=1S/C41H58N6O9/c1-7-8-12-27-15-17-28(18-16-27)29-19-21-30(22-20-29)36(50)45-31(13-9-10-23-43-40(55)56-41(3,4)5)38(52)47-24-11-14-33(47)37(51)44-26(2)35(49)46-32(39(53)54)25-34(48)42-6/h15-22,26,31-33H,7-14,23-25H2,1-6H3,(H,42,48)(H,43,55)(H,44,51)(H,45,50)(H,46,49)(H,53,54)/t26-,31-,32-,33-/m0/s1. The number of likely N-dealkylation sites (tertiary alicyclic amines) is 1. The van der Waals surface area contributed by atoms with Crippen LogP contribution in [-0.4, -0.2) is 102 Å². The number of rotatable bonds is 19. The first-order valence-electron chi connectivity index (χ1n) is 19.3. The first kappa shape index (κ1) is 44.9. The minimum absolute atomic E-state index is 0.217. The van der Waals surface area contributed by atoms with Gasteiger partial charge in [0.15, 0.2) is 0 Å². The summed E-state index contributed by atoms with van der Waals surface area (Å²) in [5, 5.41) is 22.1. The van der Waals surface area contributed by atoms with Gasteiger partial charge in [0, 0.05) is 25.7 Å². The molecule has 15 heteroatoms. The number of aryl methyl sites for hydroxylation is 1. The molecule has 0 aliphatic carbocycles. The van der Waals surface area contributed by atoms with Crippen LogP contribution in [0.25, 0.3) is 11.1 Å². The fourth-order valence-corrected chi connectivity index (χ4v) is 6.20. The Morgan fingerprint density at radius 2 is 1.52 bits per heavy atom. The Labute approximate surface area is 329 Å². The quantitative estimate of drug-likeness (QED) is 0.115. The van der Waals surface area contributed by atoms with Crippen molar-refractivity contribution in [1.29, 1.82) is 0 Å². The summed E-state index contributed by atoms with van der Waals surface area (Å²) in [5.74, 6) is -4.36. The average molecular weight is 779 g/mol.